The molecular weight excluding hydrogens is 296 g/mol. The summed E-state index contributed by atoms with van der Waals surface area (Å²) in [5, 5.41) is 0.173. The second kappa shape index (κ2) is 7.25. The van der Waals surface area contributed by atoms with Gasteiger partial charge >= 0.3 is 5.97 Å². The lowest BCUT2D eigenvalue weighted by atomic mass is 10.1. The fourth-order valence-electron chi connectivity index (χ4n) is 1.46. The number of carbonyl (C=O) groups excluding carboxylic acids is 1. The number of halogens is 1. The van der Waals surface area contributed by atoms with E-state index in [9.17, 15) is 4.79 Å². The van der Waals surface area contributed by atoms with E-state index in [1.54, 1.807) is 24.3 Å². The van der Waals surface area contributed by atoms with Gasteiger partial charge in [0, 0.05) is 6.07 Å². The van der Waals surface area contributed by atoms with Crippen molar-refractivity contribution in [3.05, 3.63) is 59.7 Å². The van der Waals surface area contributed by atoms with Crippen molar-refractivity contribution < 1.29 is 19.3 Å². The molecule has 6 nitrogen and oxygen atoms in total. The quantitative estimate of drug-likeness (QED) is 0.278. The molecule has 0 aliphatic rings. The summed E-state index contributed by atoms with van der Waals surface area (Å²) >= 11 is 5.67. The largest absolute Gasteiger partial charge is 0.503 e. The second-order valence-corrected chi connectivity index (χ2v) is 4.15. The molecule has 1 aromatic heterocycles. The Morgan fingerprint density at radius 2 is 2.00 bits per heavy atom. The summed E-state index contributed by atoms with van der Waals surface area (Å²) in [6.45, 7) is 0. The molecule has 0 saturated carbocycles. The number of methoxy groups -OCH3 is 1. The smallest absolute Gasteiger partial charge is 0.389 e. The number of benzene rings is 1. The monoisotopic (exact) mass is 306 g/mol. The summed E-state index contributed by atoms with van der Waals surface area (Å²) in [5.41, 5.74) is 0.840. The van der Waals surface area contributed by atoms with E-state index in [0.717, 1.165) is 0 Å². The first-order valence-corrected chi connectivity index (χ1v) is 6.23. The summed E-state index contributed by atoms with van der Waals surface area (Å²) in [6, 6.07) is 10.2. The first kappa shape index (κ1) is 14.8. The van der Waals surface area contributed by atoms with Gasteiger partial charge in [0.15, 0.2) is 0 Å². The van der Waals surface area contributed by atoms with E-state index in [0.29, 0.717) is 5.56 Å². The summed E-state index contributed by atoms with van der Waals surface area (Å²) in [5.74, 6) is -0.703. The normalized spacial score (nSPS) is 10.9. The Morgan fingerprint density at radius 1 is 1.24 bits per heavy atom. The highest BCUT2D eigenvalue weighted by Gasteiger charge is 2.16. The second-order valence-electron chi connectivity index (χ2n) is 3.77. The SMILES string of the molecule is COC=C(C(=O)OOc1cc(Cl)ncn1)c1ccccc1. The molecular formula is C14H11ClN2O4. The molecule has 0 saturated heterocycles. The molecule has 0 radical (unpaired) electrons. The molecule has 0 amide bonds. The summed E-state index contributed by atoms with van der Waals surface area (Å²) in [7, 11) is 1.43. The van der Waals surface area contributed by atoms with Crippen LogP contribution < -0.4 is 4.89 Å². The molecule has 0 aliphatic heterocycles. The summed E-state index contributed by atoms with van der Waals surface area (Å²) in [6.07, 6.45) is 2.46. The van der Waals surface area contributed by atoms with Gasteiger partial charge < -0.3 is 4.74 Å². The minimum absolute atomic E-state index is 0.0215. The van der Waals surface area contributed by atoms with Gasteiger partial charge in [-0.3, -0.25) is 4.89 Å². The van der Waals surface area contributed by atoms with Crippen molar-refractivity contribution in [2.24, 2.45) is 0 Å². The molecule has 0 fully saturated rings. The van der Waals surface area contributed by atoms with Crippen LogP contribution in [-0.4, -0.2) is 23.0 Å². The van der Waals surface area contributed by atoms with Gasteiger partial charge in [0.05, 0.1) is 13.4 Å². The van der Waals surface area contributed by atoms with Crippen LogP contribution in [0.2, 0.25) is 5.15 Å². The van der Waals surface area contributed by atoms with Crippen molar-refractivity contribution in [3.63, 3.8) is 0 Å². The van der Waals surface area contributed by atoms with Crippen LogP contribution >= 0.6 is 11.6 Å². The van der Waals surface area contributed by atoms with Crippen LogP contribution in [0.15, 0.2) is 49.0 Å². The number of carbonyl (C=O) groups is 1. The average Bonchev–Trinajstić information content (AvgIpc) is 2.51. The van der Waals surface area contributed by atoms with Crippen molar-refractivity contribution in [2.45, 2.75) is 0 Å². The van der Waals surface area contributed by atoms with E-state index in [2.05, 4.69) is 9.97 Å². The van der Waals surface area contributed by atoms with Gasteiger partial charge in [0.2, 0.25) is 0 Å². The van der Waals surface area contributed by atoms with Gasteiger partial charge in [0.1, 0.15) is 17.1 Å². The van der Waals surface area contributed by atoms with Crippen molar-refractivity contribution >= 4 is 23.1 Å². The van der Waals surface area contributed by atoms with E-state index in [1.165, 1.54) is 25.8 Å². The number of rotatable bonds is 5. The van der Waals surface area contributed by atoms with Crippen LogP contribution in [-0.2, 0) is 14.4 Å². The van der Waals surface area contributed by atoms with E-state index < -0.39 is 5.97 Å². The maximum Gasteiger partial charge on any atom is 0.389 e. The van der Waals surface area contributed by atoms with Gasteiger partial charge in [-0.2, -0.15) is 4.98 Å². The molecule has 1 heterocycles. The van der Waals surface area contributed by atoms with Crippen molar-refractivity contribution in [1.29, 1.82) is 0 Å². The molecule has 0 spiro atoms. The van der Waals surface area contributed by atoms with Crippen LogP contribution in [0.5, 0.6) is 5.88 Å². The highest BCUT2D eigenvalue weighted by molar-refractivity contribution is 6.29. The number of aromatic nitrogens is 2. The minimum atomic E-state index is -0.724. The highest BCUT2D eigenvalue weighted by atomic mass is 35.5. The molecule has 21 heavy (non-hydrogen) atoms. The highest BCUT2D eigenvalue weighted by Crippen LogP contribution is 2.17. The fourth-order valence-corrected chi connectivity index (χ4v) is 1.59. The third-order valence-corrected chi connectivity index (χ3v) is 2.56. The van der Waals surface area contributed by atoms with E-state index >= 15 is 0 Å². The first-order valence-electron chi connectivity index (χ1n) is 5.85. The Labute approximate surface area is 125 Å². The lowest BCUT2D eigenvalue weighted by Gasteiger charge is -2.07. The molecule has 0 atom stereocenters. The Bertz CT molecular complexity index is 646. The maximum atomic E-state index is 12.0. The topological polar surface area (TPSA) is 70.5 Å². The summed E-state index contributed by atoms with van der Waals surface area (Å²) < 4.78 is 4.89. The molecule has 0 N–H and O–H groups in total. The van der Waals surface area contributed by atoms with Crippen LogP contribution in [0.3, 0.4) is 0 Å². The predicted octanol–water partition coefficient (Wildman–Crippen LogP) is 2.65. The van der Waals surface area contributed by atoms with E-state index in [1.807, 2.05) is 6.07 Å². The third-order valence-electron chi connectivity index (χ3n) is 2.35. The number of hydrogen-bond donors (Lipinski definition) is 0. The van der Waals surface area contributed by atoms with E-state index in [4.69, 9.17) is 26.1 Å². The van der Waals surface area contributed by atoms with Crippen molar-refractivity contribution in [2.75, 3.05) is 7.11 Å². The van der Waals surface area contributed by atoms with Crippen LogP contribution in [0.1, 0.15) is 5.56 Å². The zero-order valence-electron chi connectivity index (χ0n) is 11.0. The Balaban J connectivity index is 2.08. The van der Waals surface area contributed by atoms with E-state index in [-0.39, 0.29) is 16.6 Å². The van der Waals surface area contributed by atoms with Gasteiger partial charge in [-0.25, -0.2) is 14.7 Å². The van der Waals surface area contributed by atoms with Gasteiger partial charge in [-0.15, -0.1) is 0 Å². The molecule has 108 valence electrons. The van der Waals surface area contributed by atoms with Gasteiger partial charge in [0.25, 0.3) is 5.88 Å². The summed E-state index contributed by atoms with van der Waals surface area (Å²) in [4.78, 5) is 29.0. The molecule has 2 rings (SSSR count). The molecule has 7 heteroatoms. The molecule has 1 aromatic carbocycles. The fraction of sp³-hybridized carbons (Fsp3) is 0.0714. The molecule has 0 unspecified atom stereocenters. The lowest BCUT2D eigenvalue weighted by molar-refractivity contribution is -0.207. The van der Waals surface area contributed by atoms with Crippen molar-refractivity contribution in [1.82, 2.24) is 9.97 Å². The van der Waals surface area contributed by atoms with Crippen LogP contribution in [0.25, 0.3) is 5.57 Å². The molecule has 0 aliphatic carbocycles. The lowest BCUT2D eigenvalue weighted by Crippen LogP contribution is -2.11. The average molecular weight is 307 g/mol. The number of hydrogen-bond acceptors (Lipinski definition) is 6. The molecule has 0 bridgehead atoms. The Hall–Kier alpha value is -2.60. The van der Waals surface area contributed by atoms with Crippen LogP contribution in [0.4, 0.5) is 0 Å². The first-order chi connectivity index (χ1) is 10.2. The van der Waals surface area contributed by atoms with Gasteiger partial charge in [-0.05, 0) is 5.56 Å². The zero-order chi connectivity index (χ0) is 15.1. The minimum Gasteiger partial charge on any atom is -0.503 e. The number of ether oxygens (including phenoxy) is 1. The Morgan fingerprint density at radius 3 is 2.67 bits per heavy atom. The van der Waals surface area contributed by atoms with Gasteiger partial charge in [-0.1, -0.05) is 41.9 Å². The molecule has 2 aromatic rings. The standard InChI is InChI=1S/C14H11ClN2O4/c1-19-8-11(10-5-3-2-4-6-10)14(18)21-20-13-7-12(15)16-9-17-13/h2-9H,1H3. The van der Waals surface area contributed by atoms with Crippen molar-refractivity contribution in [3.8, 4) is 5.88 Å². The Kier molecular flexibility index (Phi) is 5.11. The predicted molar refractivity (Wildman–Crippen MR) is 75.2 cm³/mol. The maximum absolute atomic E-state index is 12.0. The zero-order valence-corrected chi connectivity index (χ0v) is 11.8. The third kappa shape index (κ3) is 4.19. The van der Waals surface area contributed by atoms with Crippen LogP contribution in [0, 0.1) is 0 Å². The number of nitrogens with zero attached hydrogens (tertiary/aromatic N) is 2.